The Bertz CT molecular complexity index is 1140. The molecule has 9 nitrogen and oxygen atoms in total. The molecule has 0 bridgehead atoms. The smallest absolute Gasteiger partial charge is 0.228 e. The van der Waals surface area contributed by atoms with Crippen molar-refractivity contribution in [3.8, 4) is 0 Å². The summed E-state index contributed by atoms with van der Waals surface area (Å²) in [6, 6.07) is 11.4. The molecule has 9 heteroatoms. The molecule has 2 aromatic heterocycles. The summed E-state index contributed by atoms with van der Waals surface area (Å²) in [4.78, 5) is 29.0. The Morgan fingerprint density at radius 1 is 0.917 bits per heavy atom. The van der Waals surface area contributed by atoms with E-state index in [0.29, 0.717) is 19.3 Å². The lowest BCUT2D eigenvalue weighted by Crippen LogP contribution is -2.43. The molecule has 0 spiro atoms. The minimum absolute atomic E-state index is 0.240. The van der Waals surface area contributed by atoms with E-state index in [4.69, 9.17) is 24.7 Å². The molecule has 0 unspecified atom stereocenters. The number of hydrogen-bond acceptors (Lipinski definition) is 9. The average Bonchev–Trinajstić information content (AvgIpc) is 2.92. The van der Waals surface area contributed by atoms with E-state index in [9.17, 15) is 0 Å². The van der Waals surface area contributed by atoms with E-state index in [1.165, 1.54) is 5.56 Å². The van der Waals surface area contributed by atoms with E-state index < -0.39 is 0 Å². The quantitative estimate of drug-likeness (QED) is 0.496. The molecule has 4 heterocycles. The summed E-state index contributed by atoms with van der Waals surface area (Å²) in [6.45, 7) is 10.0. The number of rotatable bonds is 7. The molecule has 36 heavy (non-hydrogen) atoms. The fourth-order valence-electron chi connectivity index (χ4n) is 5.12. The number of morpholine rings is 1. The fraction of sp³-hybridized carbons (Fsp3) is 0.556. The van der Waals surface area contributed by atoms with Crippen LogP contribution in [0.2, 0.25) is 0 Å². The number of nitrogens with zero attached hydrogens (tertiary/aromatic N) is 8. The topological polar surface area (TPSA) is 73.8 Å². The van der Waals surface area contributed by atoms with Crippen molar-refractivity contribution in [2.45, 2.75) is 45.3 Å². The molecular formula is C27H38N8O. The lowest BCUT2D eigenvalue weighted by molar-refractivity contribution is 0.122. The van der Waals surface area contributed by atoms with Crippen LogP contribution in [0, 0.1) is 0 Å². The third-order valence-electron chi connectivity index (χ3n) is 7.31. The molecule has 2 aliphatic heterocycles. The molecule has 2 fully saturated rings. The molecule has 5 rings (SSSR count). The van der Waals surface area contributed by atoms with Gasteiger partial charge < -0.3 is 24.3 Å². The molecule has 0 atom stereocenters. The van der Waals surface area contributed by atoms with Gasteiger partial charge in [-0.25, -0.2) is 15.0 Å². The minimum Gasteiger partial charge on any atom is -0.378 e. The lowest BCUT2D eigenvalue weighted by Gasteiger charge is -2.36. The number of fused-ring (bicyclic) bond motifs is 1. The van der Waals surface area contributed by atoms with Crippen LogP contribution in [-0.4, -0.2) is 90.4 Å². The Kier molecular flexibility index (Phi) is 7.48. The minimum atomic E-state index is 0.240. The molecule has 2 aliphatic rings. The third-order valence-corrected chi connectivity index (χ3v) is 7.31. The second-order valence-corrected chi connectivity index (χ2v) is 10.2. The van der Waals surface area contributed by atoms with Gasteiger partial charge in [-0.1, -0.05) is 30.3 Å². The summed E-state index contributed by atoms with van der Waals surface area (Å²) in [5.41, 5.74) is 2.88. The number of ether oxygens (including phenoxy) is 1. The van der Waals surface area contributed by atoms with Crippen molar-refractivity contribution in [1.29, 1.82) is 0 Å². The Morgan fingerprint density at radius 2 is 1.64 bits per heavy atom. The second-order valence-electron chi connectivity index (χ2n) is 10.2. The van der Waals surface area contributed by atoms with Crippen molar-refractivity contribution >= 4 is 28.6 Å². The van der Waals surface area contributed by atoms with Gasteiger partial charge in [-0.15, -0.1) is 0 Å². The molecule has 3 aromatic rings. The molecule has 0 N–H and O–H groups in total. The first-order valence-corrected chi connectivity index (χ1v) is 13.1. The van der Waals surface area contributed by atoms with Crippen LogP contribution in [0.15, 0.2) is 36.7 Å². The summed E-state index contributed by atoms with van der Waals surface area (Å²) in [7, 11) is 4.33. The van der Waals surface area contributed by atoms with Crippen molar-refractivity contribution < 1.29 is 4.74 Å². The zero-order valence-corrected chi connectivity index (χ0v) is 22.0. The zero-order valence-electron chi connectivity index (χ0n) is 22.0. The Hall–Kier alpha value is -3.04. The van der Waals surface area contributed by atoms with Gasteiger partial charge in [-0.2, -0.15) is 4.98 Å². The Balaban J connectivity index is 1.58. The summed E-state index contributed by atoms with van der Waals surface area (Å²) in [5, 5.41) is 0. The number of piperidine rings is 1. The molecule has 1 aromatic carbocycles. The number of aromatic nitrogens is 4. The Morgan fingerprint density at radius 3 is 2.31 bits per heavy atom. The van der Waals surface area contributed by atoms with Gasteiger partial charge in [-0.3, -0.25) is 0 Å². The molecular weight excluding hydrogens is 452 g/mol. The van der Waals surface area contributed by atoms with Gasteiger partial charge in [0, 0.05) is 44.8 Å². The van der Waals surface area contributed by atoms with E-state index in [1.54, 1.807) is 6.33 Å². The predicted octanol–water partition coefficient (Wildman–Crippen LogP) is 3.20. The van der Waals surface area contributed by atoms with Crippen molar-refractivity contribution in [1.82, 2.24) is 24.8 Å². The molecule has 0 amide bonds. The van der Waals surface area contributed by atoms with Crippen LogP contribution in [0.4, 0.5) is 17.6 Å². The molecule has 0 radical (unpaired) electrons. The maximum atomic E-state index is 5.63. The molecule has 192 valence electrons. The summed E-state index contributed by atoms with van der Waals surface area (Å²) in [6.07, 6.45) is 3.87. The van der Waals surface area contributed by atoms with Crippen LogP contribution in [0.1, 0.15) is 32.3 Å². The van der Waals surface area contributed by atoms with Gasteiger partial charge in [0.05, 0.1) is 13.2 Å². The summed E-state index contributed by atoms with van der Waals surface area (Å²) in [5.74, 6) is 2.53. The van der Waals surface area contributed by atoms with Crippen LogP contribution in [-0.2, 0) is 11.3 Å². The summed E-state index contributed by atoms with van der Waals surface area (Å²) < 4.78 is 5.63. The fourth-order valence-corrected chi connectivity index (χ4v) is 5.12. The number of anilines is 3. The highest BCUT2D eigenvalue weighted by molar-refractivity contribution is 5.94. The zero-order chi connectivity index (χ0) is 25.1. The molecule has 0 saturated carbocycles. The lowest BCUT2D eigenvalue weighted by atomic mass is 10.0. The van der Waals surface area contributed by atoms with Crippen molar-refractivity contribution in [2.24, 2.45) is 0 Å². The molecule has 2 saturated heterocycles. The maximum Gasteiger partial charge on any atom is 0.228 e. The van der Waals surface area contributed by atoms with Gasteiger partial charge in [0.15, 0.2) is 11.6 Å². The highest BCUT2D eigenvalue weighted by Gasteiger charge is 2.27. The maximum absolute atomic E-state index is 5.63. The first kappa shape index (κ1) is 24.6. The predicted molar refractivity (Wildman–Crippen MR) is 145 cm³/mol. The van der Waals surface area contributed by atoms with Crippen LogP contribution in [0.3, 0.4) is 0 Å². The van der Waals surface area contributed by atoms with Crippen LogP contribution in [0.5, 0.6) is 0 Å². The van der Waals surface area contributed by atoms with E-state index in [0.717, 1.165) is 74.2 Å². The first-order valence-electron chi connectivity index (χ1n) is 13.1. The van der Waals surface area contributed by atoms with E-state index in [1.807, 2.05) is 0 Å². The van der Waals surface area contributed by atoms with Gasteiger partial charge in [0.1, 0.15) is 17.4 Å². The monoisotopic (exact) mass is 490 g/mol. The van der Waals surface area contributed by atoms with Gasteiger partial charge >= 0.3 is 0 Å². The highest BCUT2D eigenvalue weighted by Crippen LogP contribution is 2.32. The van der Waals surface area contributed by atoms with Gasteiger partial charge in [-0.05, 0) is 46.3 Å². The number of benzene rings is 1. The van der Waals surface area contributed by atoms with Crippen LogP contribution >= 0.6 is 0 Å². The average molecular weight is 491 g/mol. The SMILES string of the molecule is CC(C)N(Cc1ccccc1)c1ncnc2c(N3CCOCC3)nc(N3CCC(N(C)C)CC3)nc12. The largest absolute Gasteiger partial charge is 0.378 e. The summed E-state index contributed by atoms with van der Waals surface area (Å²) >= 11 is 0. The first-order chi connectivity index (χ1) is 17.5. The van der Waals surface area contributed by atoms with Crippen molar-refractivity contribution in [3.05, 3.63) is 42.2 Å². The van der Waals surface area contributed by atoms with Crippen molar-refractivity contribution in [3.63, 3.8) is 0 Å². The second kappa shape index (κ2) is 10.9. The molecule has 0 aliphatic carbocycles. The normalized spacial score (nSPS) is 17.4. The third kappa shape index (κ3) is 5.22. The van der Waals surface area contributed by atoms with Crippen molar-refractivity contribution in [2.75, 3.05) is 68.2 Å². The van der Waals surface area contributed by atoms with E-state index >= 15 is 0 Å². The van der Waals surface area contributed by atoms with E-state index in [2.05, 4.69) is 77.9 Å². The van der Waals surface area contributed by atoms with Gasteiger partial charge in [0.25, 0.3) is 0 Å². The van der Waals surface area contributed by atoms with Crippen LogP contribution in [0.25, 0.3) is 11.0 Å². The van der Waals surface area contributed by atoms with Gasteiger partial charge in [0.2, 0.25) is 5.95 Å². The Labute approximate surface area is 214 Å². The van der Waals surface area contributed by atoms with E-state index in [-0.39, 0.29) is 6.04 Å². The number of hydrogen-bond donors (Lipinski definition) is 0. The highest BCUT2D eigenvalue weighted by atomic mass is 16.5. The standard InChI is InChI=1S/C27H38N8O/c1-20(2)35(18-21-8-6-5-7-9-21)25-24-23(28-19-29-25)26(33-14-16-36-17-15-33)31-27(30-24)34-12-10-22(11-13-34)32(3)4/h5-9,19-20,22H,10-18H2,1-4H3. The van der Waals surface area contributed by atoms with Crippen LogP contribution < -0.4 is 14.7 Å².